The zero-order valence-electron chi connectivity index (χ0n) is 11.4. The van der Waals surface area contributed by atoms with E-state index in [0.717, 1.165) is 25.1 Å². The van der Waals surface area contributed by atoms with Gasteiger partial charge in [0.05, 0.1) is 6.61 Å². The van der Waals surface area contributed by atoms with Crippen LogP contribution in [0.4, 0.5) is 0 Å². The number of carbonyl (C=O) groups is 1. The van der Waals surface area contributed by atoms with E-state index in [1.165, 1.54) is 6.21 Å². The molecule has 0 aliphatic heterocycles. The summed E-state index contributed by atoms with van der Waals surface area (Å²) in [4.78, 5) is 15.8. The van der Waals surface area contributed by atoms with Crippen LogP contribution in [0.5, 0.6) is 0 Å². The van der Waals surface area contributed by atoms with Crippen molar-refractivity contribution in [3.8, 4) is 0 Å². The Kier molecular flexibility index (Phi) is 10.2. The summed E-state index contributed by atoms with van der Waals surface area (Å²) in [5, 5.41) is 9.95. The fourth-order valence-electron chi connectivity index (χ4n) is 1.48. The van der Waals surface area contributed by atoms with Gasteiger partial charge < -0.3 is 10.1 Å². The van der Waals surface area contributed by atoms with E-state index in [1.54, 1.807) is 6.92 Å². The van der Waals surface area contributed by atoms with Crippen LogP contribution in [0.3, 0.4) is 0 Å². The normalized spacial score (nSPS) is 13.2. The van der Waals surface area contributed by atoms with Crippen molar-refractivity contribution >= 4 is 17.9 Å². The molecule has 0 saturated carbocycles. The molecule has 1 radical (unpaired) electrons. The summed E-state index contributed by atoms with van der Waals surface area (Å²) < 4.78 is 4.98. The molecule has 0 aliphatic rings. The summed E-state index contributed by atoms with van der Waals surface area (Å²) >= 11 is 0. The number of hydrogen-bond donors (Lipinski definition) is 2. The molecule has 2 N–H and O–H groups in total. The minimum atomic E-state index is -0.323. The molecule has 1 unspecified atom stereocenters. The Morgan fingerprint density at radius 3 is 2.83 bits per heavy atom. The maximum atomic E-state index is 11.6. The van der Waals surface area contributed by atoms with Crippen molar-refractivity contribution in [3.63, 3.8) is 0 Å². The molecule has 0 aromatic rings. The molecule has 5 heteroatoms. The first kappa shape index (κ1) is 16.8. The lowest BCUT2D eigenvalue weighted by molar-refractivity contribution is -0.145. The summed E-state index contributed by atoms with van der Waals surface area (Å²) in [5.74, 6) is -0.240. The quantitative estimate of drug-likeness (QED) is 0.353. The van der Waals surface area contributed by atoms with Crippen LogP contribution in [-0.4, -0.2) is 43.6 Å². The average molecular weight is 254 g/mol. The Labute approximate surface area is 110 Å². The second-order valence-corrected chi connectivity index (χ2v) is 4.03. The molecule has 0 aromatic carbocycles. The lowest BCUT2D eigenvalue weighted by atomic mass is 10.1. The van der Waals surface area contributed by atoms with Crippen molar-refractivity contribution in [2.45, 2.75) is 39.2 Å². The van der Waals surface area contributed by atoms with Gasteiger partial charge in [0.2, 0.25) is 0 Å². The molecule has 0 aromatic heterocycles. The lowest BCUT2D eigenvalue weighted by Gasteiger charge is -2.15. The monoisotopic (exact) mass is 254 g/mol. The van der Waals surface area contributed by atoms with Gasteiger partial charge >= 0.3 is 5.97 Å². The molecule has 0 rings (SSSR count). The Hall–Kier alpha value is -1.23. The minimum absolute atomic E-state index is 0.240. The van der Waals surface area contributed by atoms with Gasteiger partial charge in [0.1, 0.15) is 6.04 Å². The number of nitrogens with one attached hydrogen (secondary N) is 2. The standard InChI is InChI=1S/C13H24N3O2/c1-4-18-13(17)12(16-10-8-14)7-5-6-9-15-11(2)3/h8,12,14,16H,2,4-7,9-10H2,1,3H3. The van der Waals surface area contributed by atoms with Crippen LogP contribution < -0.4 is 5.32 Å². The highest BCUT2D eigenvalue weighted by molar-refractivity contribution is 5.85. The van der Waals surface area contributed by atoms with Gasteiger partial charge in [0, 0.05) is 25.0 Å². The molecule has 18 heavy (non-hydrogen) atoms. The molecule has 0 heterocycles. The predicted octanol–water partition coefficient (Wildman–Crippen LogP) is 1.62. The third-order valence-electron chi connectivity index (χ3n) is 2.32. The maximum Gasteiger partial charge on any atom is 0.323 e. The average Bonchev–Trinajstić information content (AvgIpc) is 2.32. The number of nitrogens with zero attached hydrogens (tertiary/aromatic N) is 1. The smallest absolute Gasteiger partial charge is 0.323 e. The van der Waals surface area contributed by atoms with Crippen molar-refractivity contribution < 1.29 is 9.53 Å². The number of esters is 1. The van der Waals surface area contributed by atoms with Gasteiger partial charge in [-0.25, -0.2) is 0 Å². The zero-order valence-corrected chi connectivity index (χ0v) is 11.4. The highest BCUT2D eigenvalue weighted by Gasteiger charge is 2.17. The van der Waals surface area contributed by atoms with E-state index in [0.29, 0.717) is 19.6 Å². The molecular formula is C13H24N3O2. The summed E-state index contributed by atoms with van der Waals surface area (Å²) in [6.45, 7) is 8.88. The van der Waals surface area contributed by atoms with Gasteiger partial charge in [0.15, 0.2) is 0 Å². The first-order chi connectivity index (χ1) is 8.61. The Morgan fingerprint density at radius 1 is 1.56 bits per heavy atom. The second kappa shape index (κ2) is 10.9. The fourth-order valence-corrected chi connectivity index (χ4v) is 1.48. The first-order valence-electron chi connectivity index (χ1n) is 6.33. The second-order valence-electron chi connectivity index (χ2n) is 4.03. The third kappa shape index (κ3) is 8.87. The van der Waals surface area contributed by atoms with Gasteiger partial charge in [-0.05, 0) is 40.0 Å². The summed E-state index contributed by atoms with van der Waals surface area (Å²) in [7, 11) is 0. The molecule has 0 bridgehead atoms. The maximum absolute atomic E-state index is 11.6. The topological polar surface area (TPSA) is 74.5 Å². The van der Waals surface area contributed by atoms with Crippen LogP contribution in [0.1, 0.15) is 33.1 Å². The molecule has 0 saturated heterocycles. The van der Waals surface area contributed by atoms with Gasteiger partial charge in [-0.1, -0.05) is 0 Å². The summed E-state index contributed by atoms with van der Waals surface area (Å²) in [5.41, 5.74) is 0.832. The van der Waals surface area contributed by atoms with Crippen LogP contribution in [0.15, 0.2) is 4.99 Å². The van der Waals surface area contributed by atoms with Crippen LogP contribution in [0, 0.1) is 12.3 Å². The van der Waals surface area contributed by atoms with E-state index in [9.17, 15) is 4.79 Å². The number of rotatable bonds is 10. The molecule has 0 amide bonds. The fraction of sp³-hybridized carbons (Fsp3) is 0.692. The SMILES string of the molecule is [CH2]C(C)=NCCCCC(NCC=N)C(=O)OCC. The highest BCUT2D eigenvalue weighted by atomic mass is 16.5. The molecule has 5 nitrogen and oxygen atoms in total. The van der Waals surface area contributed by atoms with Gasteiger partial charge in [-0.15, -0.1) is 0 Å². The van der Waals surface area contributed by atoms with Gasteiger partial charge in [-0.2, -0.15) is 0 Å². The Morgan fingerprint density at radius 2 is 2.28 bits per heavy atom. The van der Waals surface area contributed by atoms with Crippen LogP contribution >= 0.6 is 0 Å². The van der Waals surface area contributed by atoms with E-state index < -0.39 is 0 Å². The number of hydrogen-bond acceptors (Lipinski definition) is 5. The largest absolute Gasteiger partial charge is 0.465 e. The summed E-state index contributed by atoms with van der Waals surface area (Å²) in [6.07, 6.45) is 3.77. The van der Waals surface area contributed by atoms with Crippen molar-refractivity contribution in [2.24, 2.45) is 4.99 Å². The van der Waals surface area contributed by atoms with E-state index in [1.807, 2.05) is 6.92 Å². The van der Waals surface area contributed by atoms with E-state index in [2.05, 4.69) is 17.2 Å². The molecular weight excluding hydrogens is 230 g/mol. The lowest BCUT2D eigenvalue weighted by Crippen LogP contribution is -2.39. The molecule has 103 valence electrons. The highest BCUT2D eigenvalue weighted by Crippen LogP contribution is 2.03. The zero-order chi connectivity index (χ0) is 13.8. The molecule has 1 atom stereocenters. The van der Waals surface area contributed by atoms with E-state index >= 15 is 0 Å². The first-order valence-corrected chi connectivity index (χ1v) is 6.33. The number of unbranched alkanes of at least 4 members (excludes halogenated alkanes) is 1. The number of aliphatic imine (C=N–C) groups is 1. The van der Waals surface area contributed by atoms with Gasteiger partial charge in [0.25, 0.3) is 0 Å². The van der Waals surface area contributed by atoms with E-state index in [4.69, 9.17) is 10.1 Å². The Bertz CT molecular complexity index is 273. The van der Waals surface area contributed by atoms with Crippen molar-refractivity contribution in [2.75, 3.05) is 19.7 Å². The van der Waals surface area contributed by atoms with E-state index in [-0.39, 0.29) is 12.0 Å². The van der Waals surface area contributed by atoms with Crippen LogP contribution in [0.25, 0.3) is 0 Å². The molecule has 0 aliphatic carbocycles. The van der Waals surface area contributed by atoms with Crippen molar-refractivity contribution in [1.82, 2.24) is 5.32 Å². The minimum Gasteiger partial charge on any atom is -0.465 e. The third-order valence-corrected chi connectivity index (χ3v) is 2.32. The van der Waals surface area contributed by atoms with Crippen LogP contribution in [0.2, 0.25) is 0 Å². The number of ether oxygens (including phenoxy) is 1. The number of carbonyl (C=O) groups excluding carboxylic acids is 1. The van der Waals surface area contributed by atoms with Crippen molar-refractivity contribution in [3.05, 3.63) is 6.92 Å². The Balaban J connectivity index is 3.96. The van der Waals surface area contributed by atoms with Crippen LogP contribution in [-0.2, 0) is 9.53 Å². The molecule has 0 fully saturated rings. The predicted molar refractivity (Wildman–Crippen MR) is 74.4 cm³/mol. The molecule has 0 spiro atoms. The summed E-state index contributed by atoms with van der Waals surface area (Å²) in [6, 6.07) is -0.323. The van der Waals surface area contributed by atoms with Gasteiger partial charge in [-0.3, -0.25) is 15.1 Å². The van der Waals surface area contributed by atoms with Crippen molar-refractivity contribution in [1.29, 1.82) is 5.41 Å².